The van der Waals surface area contributed by atoms with E-state index in [9.17, 15) is 0 Å². The van der Waals surface area contributed by atoms with Gasteiger partial charge in [-0.25, -0.2) is 15.0 Å². The van der Waals surface area contributed by atoms with Crippen molar-refractivity contribution in [1.82, 2.24) is 15.0 Å². The van der Waals surface area contributed by atoms with Crippen molar-refractivity contribution < 1.29 is 9.47 Å². The third-order valence-corrected chi connectivity index (χ3v) is 9.30. The van der Waals surface area contributed by atoms with Crippen molar-refractivity contribution >= 4 is 34.1 Å². The first-order valence-corrected chi connectivity index (χ1v) is 17.1. The van der Waals surface area contributed by atoms with Gasteiger partial charge in [0, 0.05) is 28.1 Å². The molecule has 2 aliphatic rings. The molecule has 52 heavy (non-hydrogen) atoms. The fraction of sp³-hybridized carbons (Fsp3) is 0. The van der Waals surface area contributed by atoms with Crippen LogP contribution in [-0.2, 0) is 0 Å². The maximum atomic E-state index is 6.23. The second kappa shape index (κ2) is 12.3. The van der Waals surface area contributed by atoms with Gasteiger partial charge in [0.1, 0.15) is 0 Å². The van der Waals surface area contributed by atoms with Gasteiger partial charge in [-0.15, -0.1) is 0 Å². The van der Waals surface area contributed by atoms with E-state index in [0.717, 1.165) is 73.8 Å². The van der Waals surface area contributed by atoms with E-state index >= 15 is 0 Å². The van der Waals surface area contributed by atoms with Crippen LogP contribution in [0.2, 0.25) is 0 Å². The number of aromatic nitrogens is 3. The molecule has 0 aliphatic carbocycles. The van der Waals surface area contributed by atoms with E-state index in [2.05, 4.69) is 82.6 Å². The molecule has 0 saturated heterocycles. The molecule has 7 heteroatoms. The zero-order valence-electron chi connectivity index (χ0n) is 27.8. The molecule has 246 valence electrons. The molecule has 3 heterocycles. The molecule has 0 spiro atoms. The van der Waals surface area contributed by atoms with Crippen molar-refractivity contribution in [3.63, 3.8) is 0 Å². The van der Waals surface area contributed by atoms with Crippen molar-refractivity contribution in [3.8, 4) is 57.2 Å². The molecule has 1 aromatic heterocycles. The first kappa shape index (κ1) is 29.6. The van der Waals surface area contributed by atoms with Crippen LogP contribution in [0.1, 0.15) is 0 Å². The largest absolute Gasteiger partial charge is 0.453 e. The van der Waals surface area contributed by atoms with E-state index < -0.39 is 0 Å². The standard InChI is InChI=1S/C45H29N5O2/c1-2-12-30(13-3-1)43-46-44(31-22-26-33(27-23-31)49-35-14-4-8-18-39(35)51-40-19-9-5-15-36(40)49)48-45(47-43)32-24-28-34(29-25-32)50-37-16-6-10-20-41(37)52-42-21-11-7-17-38(42)50/h1-29H. The Balaban J connectivity index is 1.04. The minimum absolute atomic E-state index is 0.596. The Hall–Kier alpha value is -7.25. The van der Waals surface area contributed by atoms with Gasteiger partial charge in [0.2, 0.25) is 0 Å². The lowest BCUT2D eigenvalue weighted by Gasteiger charge is -2.32. The van der Waals surface area contributed by atoms with E-state index in [1.807, 2.05) is 103 Å². The van der Waals surface area contributed by atoms with Crippen LogP contribution in [0.5, 0.6) is 23.0 Å². The third kappa shape index (κ3) is 5.11. The molecule has 7 aromatic carbocycles. The Labute approximate surface area is 300 Å². The minimum Gasteiger partial charge on any atom is -0.453 e. The summed E-state index contributed by atoms with van der Waals surface area (Å²) in [5.41, 5.74) is 8.63. The Morgan fingerprint density at radius 3 is 0.923 bits per heavy atom. The highest BCUT2D eigenvalue weighted by Crippen LogP contribution is 2.51. The summed E-state index contributed by atoms with van der Waals surface area (Å²) >= 11 is 0. The quantitative estimate of drug-likeness (QED) is 0.180. The Morgan fingerprint density at radius 2 is 0.577 bits per heavy atom. The van der Waals surface area contributed by atoms with E-state index in [0.29, 0.717) is 17.5 Å². The summed E-state index contributed by atoms with van der Waals surface area (Å²) in [6.07, 6.45) is 0. The third-order valence-electron chi connectivity index (χ3n) is 9.30. The van der Waals surface area contributed by atoms with Crippen LogP contribution < -0.4 is 19.3 Å². The molecule has 10 rings (SSSR count). The first-order valence-electron chi connectivity index (χ1n) is 17.1. The number of benzene rings is 7. The summed E-state index contributed by atoms with van der Waals surface area (Å²) in [4.78, 5) is 19.4. The topological polar surface area (TPSA) is 63.6 Å². The molecule has 0 N–H and O–H groups in total. The van der Waals surface area contributed by atoms with Gasteiger partial charge in [-0.3, -0.25) is 0 Å². The fourth-order valence-electron chi connectivity index (χ4n) is 6.84. The van der Waals surface area contributed by atoms with Gasteiger partial charge in [0.15, 0.2) is 40.5 Å². The number of fused-ring (bicyclic) bond motifs is 4. The SMILES string of the molecule is c1ccc(-c2nc(-c3ccc(N4c5ccccc5Oc5ccccc54)cc3)nc(-c3ccc(N4c5ccccc5Oc5ccccc54)cc3)n2)cc1. The van der Waals surface area contributed by atoms with E-state index in [4.69, 9.17) is 24.4 Å². The molecule has 7 nitrogen and oxygen atoms in total. The number of hydrogen-bond acceptors (Lipinski definition) is 7. The maximum Gasteiger partial charge on any atom is 0.164 e. The number of rotatable bonds is 5. The smallest absolute Gasteiger partial charge is 0.164 e. The molecular weight excluding hydrogens is 643 g/mol. The fourth-order valence-corrected chi connectivity index (χ4v) is 6.84. The highest BCUT2D eigenvalue weighted by Gasteiger charge is 2.27. The first-order chi connectivity index (χ1) is 25.8. The summed E-state index contributed by atoms with van der Waals surface area (Å²) < 4.78 is 12.5. The summed E-state index contributed by atoms with van der Waals surface area (Å²) in [6, 6.07) is 59.1. The second-order valence-corrected chi connectivity index (χ2v) is 12.5. The maximum absolute atomic E-state index is 6.23. The van der Waals surface area contributed by atoms with Gasteiger partial charge in [0.05, 0.1) is 22.7 Å². The number of anilines is 6. The van der Waals surface area contributed by atoms with E-state index in [1.165, 1.54) is 0 Å². The van der Waals surface area contributed by atoms with Crippen LogP contribution in [0, 0.1) is 0 Å². The zero-order chi connectivity index (χ0) is 34.4. The van der Waals surface area contributed by atoms with Gasteiger partial charge in [-0.1, -0.05) is 78.9 Å². The van der Waals surface area contributed by atoms with Crippen LogP contribution in [0.3, 0.4) is 0 Å². The summed E-state index contributed by atoms with van der Waals surface area (Å²) in [5.74, 6) is 5.05. The van der Waals surface area contributed by atoms with Crippen LogP contribution in [0.15, 0.2) is 176 Å². The van der Waals surface area contributed by atoms with Gasteiger partial charge < -0.3 is 19.3 Å². The van der Waals surface area contributed by atoms with Crippen LogP contribution in [0.4, 0.5) is 34.1 Å². The van der Waals surface area contributed by atoms with E-state index in [1.54, 1.807) is 0 Å². The Morgan fingerprint density at radius 1 is 0.288 bits per heavy atom. The van der Waals surface area contributed by atoms with Gasteiger partial charge in [0.25, 0.3) is 0 Å². The molecule has 0 unspecified atom stereocenters. The monoisotopic (exact) mass is 671 g/mol. The molecule has 2 aliphatic heterocycles. The predicted molar refractivity (Wildman–Crippen MR) is 206 cm³/mol. The molecule has 0 saturated carbocycles. The second-order valence-electron chi connectivity index (χ2n) is 12.5. The Kier molecular flexibility index (Phi) is 6.99. The van der Waals surface area contributed by atoms with Crippen molar-refractivity contribution in [2.24, 2.45) is 0 Å². The number of hydrogen-bond donors (Lipinski definition) is 0. The Bertz CT molecular complexity index is 2340. The van der Waals surface area contributed by atoms with Crippen LogP contribution in [0.25, 0.3) is 34.2 Å². The molecule has 0 amide bonds. The lowest BCUT2D eigenvalue weighted by molar-refractivity contribution is 0.477. The zero-order valence-corrected chi connectivity index (χ0v) is 27.8. The molecular formula is C45H29N5O2. The van der Waals surface area contributed by atoms with Crippen LogP contribution >= 0.6 is 0 Å². The normalized spacial score (nSPS) is 12.5. The number of nitrogens with zero attached hydrogens (tertiary/aromatic N) is 5. The summed E-state index contributed by atoms with van der Waals surface area (Å²) in [5, 5.41) is 0. The number of para-hydroxylation sites is 8. The molecule has 0 bridgehead atoms. The van der Waals surface area contributed by atoms with Crippen molar-refractivity contribution in [2.75, 3.05) is 9.80 Å². The highest BCUT2D eigenvalue weighted by molar-refractivity contribution is 5.88. The van der Waals surface area contributed by atoms with Gasteiger partial charge >= 0.3 is 0 Å². The van der Waals surface area contributed by atoms with Crippen molar-refractivity contribution in [2.45, 2.75) is 0 Å². The molecule has 0 fully saturated rings. The van der Waals surface area contributed by atoms with Crippen LogP contribution in [-0.4, -0.2) is 15.0 Å². The lowest BCUT2D eigenvalue weighted by atomic mass is 10.1. The molecule has 8 aromatic rings. The minimum atomic E-state index is 0.596. The average molecular weight is 672 g/mol. The van der Waals surface area contributed by atoms with Gasteiger partial charge in [-0.2, -0.15) is 0 Å². The lowest BCUT2D eigenvalue weighted by Crippen LogP contribution is -2.15. The molecule has 0 atom stereocenters. The number of ether oxygens (including phenoxy) is 2. The van der Waals surface area contributed by atoms with E-state index in [-0.39, 0.29) is 0 Å². The summed E-state index contributed by atoms with van der Waals surface area (Å²) in [7, 11) is 0. The predicted octanol–water partition coefficient (Wildman–Crippen LogP) is 12.0. The average Bonchev–Trinajstić information content (AvgIpc) is 3.22. The highest BCUT2D eigenvalue weighted by atomic mass is 16.5. The van der Waals surface area contributed by atoms with Gasteiger partial charge in [-0.05, 0) is 97.1 Å². The van der Waals surface area contributed by atoms with Crippen molar-refractivity contribution in [3.05, 3.63) is 176 Å². The van der Waals surface area contributed by atoms with Crippen molar-refractivity contribution in [1.29, 1.82) is 0 Å². The summed E-state index contributed by atoms with van der Waals surface area (Å²) in [6.45, 7) is 0. The molecule has 0 radical (unpaired) electrons.